The molecule has 32 heavy (non-hydrogen) atoms. The monoisotopic (exact) mass is 475 g/mol. The molecule has 2 aromatic carbocycles. The maximum atomic E-state index is 12.4. The Hall–Kier alpha value is -2.55. The van der Waals surface area contributed by atoms with Crippen molar-refractivity contribution in [3.8, 4) is 5.75 Å². The standard InChI is InChI=1S/C23H29N5O2S.ClH/c1-30-19-9-6-8-18(21(19)24)23(29)25-11-4-5-12-27-13-15-28(16-14-27)22-17-7-2-3-10-20(17)31-26-22;/h2-3,6-10H,4-5,11-16,24H2,1H3,(H,25,29);1H. The first kappa shape index (κ1) is 24.1. The topological polar surface area (TPSA) is 83.7 Å². The minimum Gasteiger partial charge on any atom is -0.495 e. The minimum absolute atomic E-state index is 0. The number of rotatable bonds is 8. The normalized spacial score (nSPS) is 14.2. The molecule has 7 nitrogen and oxygen atoms in total. The fourth-order valence-corrected chi connectivity index (χ4v) is 4.76. The quantitative estimate of drug-likeness (QED) is 0.382. The van der Waals surface area contributed by atoms with E-state index in [1.165, 1.54) is 10.1 Å². The van der Waals surface area contributed by atoms with Crippen LogP contribution in [0.5, 0.6) is 5.75 Å². The SMILES string of the molecule is COc1cccc(C(=O)NCCCCN2CCN(c3nsc4ccccc34)CC2)c1N.Cl. The van der Waals surface area contributed by atoms with Gasteiger partial charge >= 0.3 is 0 Å². The van der Waals surface area contributed by atoms with E-state index in [2.05, 4.69) is 43.8 Å². The average Bonchev–Trinajstić information content (AvgIpc) is 3.23. The van der Waals surface area contributed by atoms with Crippen LogP contribution in [0.4, 0.5) is 11.5 Å². The number of amides is 1. The van der Waals surface area contributed by atoms with Crippen molar-refractivity contribution in [3.63, 3.8) is 0 Å². The lowest BCUT2D eigenvalue weighted by Gasteiger charge is -2.35. The Morgan fingerprint density at radius 1 is 1.12 bits per heavy atom. The van der Waals surface area contributed by atoms with Gasteiger partial charge in [-0.25, -0.2) is 0 Å². The number of anilines is 2. The lowest BCUT2D eigenvalue weighted by Crippen LogP contribution is -2.46. The number of carbonyl (C=O) groups is 1. The van der Waals surface area contributed by atoms with E-state index in [0.29, 0.717) is 23.5 Å². The number of para-hydroxylation sites is 1. The van der Waals surface area contributed by atoms with Crippen LogP contribution in [-0.2, 0) is 0 Å². The zero-order chi connectivity index (χ0) is 21.6. The summed E-state index contributed by atoms with van der Waals surface area (Å²) < 4.78 is 11.1. The van der Waals surface area contributed by atoms with E-state index < -0.39 is 0 Å². The Labute approximate surface area is 199 Å². The molecule has 0 atom stereocenters. The van der Waals surface area contributed by atoms with Crippen molar-refractivity contribution in [2.24, 2.45) is 0 Å². The van der Waals surface area contributed by atoms with Gasteiger partial charge in [-0.1, -0.05) is 18.2 Å². The number of methoxy groups -OCH3 is 1. The Kier molecular flexibility index (Phi) is 8.55. The first-order valence-electron chi connectivity index (χ1n) is 10.7. The van der Waals surface area contributed by atoms with E-state index in [1.54, 1.807) is 36.8 Å². The Morgan fingerprint density at radius 3 is 2.69 bits per heavy atom. The van der Waals surface area contributed by atoms with E-state index in [0.717, 1.165) is 51.4 Å². The lowest BCUT2D eigenvalue weighted by atomic mass is 10.1. The molecular formula is C23H30ClN5O2S. The third-order valence-electron chi connectivity index (χ3n) is 5.75. The van der Waals surface area contributed by atoms with Gasteiger partial charge in [0.15, 0.2) is 0 Å². The van der Waals surface area contributed by atoms with Crippen molar-refractivity contribution in [1.29, 1.82) is 0 Å². The van der Waals surface area contributed by atoms with Crippen LogP contribution in [0.25, 0.3) is 10.1 Å². The molecule has 1 aromatic heterocycles. The molecule has 172 valence electrons. The van der Waals surface area contributed by atoms with Gasteiger partial charge in [0.05, 0.1) is 23.1 Å². The number of carbonyl (C=O) groups excluding carboxylic acids is 1. The van der Waals surface area contributed by atoms with E-state index in [1.807, 2.05) is 0 Å². The number of fused-ring (bicyclic) bond motifs is 1. The van der Waals surface area contributed by atoms with Crippen molar-refractivity contribution >= 4 is 51.4 Å². The van der Waals surface area contributed by atoms with Crippen LogP contribution in [0.15, 0.2) is 42.5 Å². The van der Waals surface area contributed by atoms with Gasteiger partial charge in [0.1, 0.15) is 11.6 Å². The molecule has 3 N–H and O–H groups in total. The molecule has 9 heteroatoms. The summed E-state index contributed by atoms with van der Waals surface area (Å²) in [6.45, 7) is 5.76. The number of nitrogens with one attached hydrogen (secondary N) is 1. The highest BCUT2D eigenvalue weighted by Gasteiger charge is 2.20. The van der Waals surface area contributed by atoms with Crippen LogP contribution in [-0.4, -0.2) is 61.6 Å². The van der Waals surface area contributed by atoms with E-state index in [-0.39, 0.29) is 18.3 Å². The van der Waals surface area contributed by atoms with Gasteiger partial charge < -0.3 is 20.7 Å². The second-order valence-corrected chi connectivity index (χ2v) is 8.52. The molecule has 0 aliphatic carbocycles. The average molecular weight is 476 g/mol. The fraction of sp³-hybridized carbons (Fsp3) is 0.391. The summed E-state index contributed by atoms with van der Waals surface area (Å²) in [6.07, 6.45) is 1.99. The summed E-state index contributed by atoms with van der Waals surface area (Å²) >= 11 is 1.58. The van der Waals surface area contributed by atoms with Gasteiger partial charge in [-0.3, -0.25) is 9.69 Å². The van der Waals surface area contributed by atoms with Crippen LogP contribution in [0.3, 0.4) is 0 Å². The fourth-order valence-electron chi connectivity index (χ4n) is 3.96. The maximum Gasteiger partial charge on any atom is 0.253 e. The Balaban J connectivity index is 0.00000289. The number of piperazine rings is 1. The highest BCUT2D eigenvalue weighted by Crippen LogP contribution is 2.29. The van der Waals surface area contributed by atoms with Crippen LogP contribution >= 0.6 is 23.9 Å². The number of aromatic nitrogens is 1. The van der Waals surface area contributed by atoms with Crippen LogP contribution in [0, 0.1) is 0 Å². The third-order valence-corrected chi connectivity index (χ3v) is 6.56. The van der Waals surface area contributed by atoms with Crippen molar-refractivity contribution in [2.75, 3.05) is 57.0 Å². The summed E-state index contributed by atoms with van der Waals surface area (Å²) in [5.74, 6) is 1.50. The Morgan fingerprint density at radius 2 is 1.91 bits per heavy atom. The number of nitrogens with two attached hydrogens (primary N) is 1. The highest BCUT2D eigenvalue weighted by atomic mass is 35.5. The molecule has 1 amide bonds. The molecule has 2 heterocycles. The smallest absolute Gasteiger partial charge is 0.253 e. The van der Waals surface area contributed by atoms with Crippen LogP contribution in [0.1, 0.15) is 23.2 Å². The van der Waals surface area contributed by atoms with Crippen molar-refractivity contribution in [1.82, 2.24) is 14.6 Å². The van der Waals surface area contributed by atoms with Gasteiger partial charge in [0.25, 0.3) is 5.91 Å². The molecule has 0 saturated carbocycles. The van der Waals surface area contributed by atoms with E-state index >= 15 is 0 Å². The summed E-state index contributed by atoms with van der Waals surface area (Å²) in [5, 5.41) is 4.22. The minimum atomic E-state index is -0.152. The summed E-state index contributed by atoms with van der Waals surface area (Å²) in [6, 6.07) is 13.7. The largest absolute Gasteiger partial charge is 0.495 e. The number of nitrogen functional groups attached to an aromatic ring is 1. The van der Waals surface area contributed by atoms with Crippen LogP contribution < -0.4 is 20.7 Å². The lowest BCUT2D eigenvalue weighted by molar-refractivity contribution is 0.0953. The molecular weight excluding hydrogens is 446 g/mol. The van der Waals surface area contributed by atoms with Crippen molar-refractivity contribution < 1.29 is 9.53 Å². The third kappa shape index (κ3) is 5.43. The summed E-state index contributed by atoms with van der Waals surface area (Å²) in [4.78, 5) is 17.3. The molecule has 0 unspecified atom stereocenters. The molecule has 1 saturated heterocycles. The number of hydrogen-bond acceptors (Lipinski definition) is 7. The molecule has 1 aliphatic rings. The van der Waals surface area contributed by atoms with Gasteiger partial charge in [-0.2, -0.15) is 4.37 Å². The number of halogens is 1. The number of nitrogens with zero attached hydrogens (tertiary/aromatic N) is 3. The maximum absolute atomic E-state index is 12.4. The molecule has 0 spiro atoms. The summed E-state index contributed by atoms with van der Waals surface area (Å²) in [7, 11) is 1.55. The number of benzene rings is 2. The molecule has 0 bridgehead atoms. The highest BCUT2D eigenvalue weighted by molar-refractivity contribution is 7.13. The number of unbranched alkanes of at least 4 members (excludes halogenated alkanes) is 1. The zero-order valence-electron chi connectivity index (χ0n) is 18.3. The van der Waals surface area contributed by atoms with Gasteiger partial charge in [-0.05, 0) is 55.2 Å². The number of ether oxygens (including phenoxy) is 1. The van der Waals surface area contributed by atoms with E-state index in [9.17, 15) is 4.79 Å². The zero-order valence-corrected chi connectivity index (χ0v) is 19.9. The van der Waals surface area contributed by atoms with Crippen molar-refractivity contribution in [2.45, 2.75) is 12.8 Å². The summed E-state index contributed by atoms with van der Waals surface area (Å²) in [5.41, 5.74) is 6.84. The molecule has 0 radical (unpaired) electrons. The predicted molar refractivity (Wildman–Crippen MR) is 134 cm³/mol. The van der Waals surface area contributed by atoms with E-state index in [4.69, 9.17) is 10.5 Å². The Bertz CT molecular complexity index is 1040. The molecule has 3 aromatic rings. The first-order valence-corrected chi connectivity index (χ1v) is 11.5. The predicted octanol–water partition coefficient (Wildman–Crippen LogP) is 3.64. The first-order chi connectivity index (χ1) is 15.2. The van der Waals surface area contributed by atoms with Gasteiger partial charge in [-0.15, -0.1) is 12.4 Å². The van der Waals surface area contributed by atoms with Crippen LogP contribution in [0.2, 0.25) is 0 Å². The molecule has 1 fully saturated rings. The molecule has 4 rings (SSSR count). The van der Waals surface area contributed by atoms with Gasteiger partial charge in [0.2, 0.25) is 0 Å². The van der Waals surface area contributed by atoms with Crippen molar-refractivity contribution in [3.05, 3.63) is 48.0 Å². The molecule has 1 aliphatic heterocycles. The van der Waals surface area contributed by atoms with Gasteiger partial charge in [0, 0.05) is 38.1 Å². The number of hydrogen-bond donors (Lipinski definition) is 2. The second kappa shape index (κ2) is 11.4. The second-order valence-electron chi connectivity index (χ2n) is 7.72.